The Hall–Kier alpha value is -1.14. The van der Waals surface area contributed by atoms with Gasteiger partial charge in [0, 0.05) is 10.3 Å². The van der Waals surface area contributed by atoms with Crippen LogP contribution in [0.2, 0.25) is 0 Å². The van der Waals surface area contributed by atoms with E-state index in [0.717, 1.165) is 28.1 Å². The molecule has 2 aromatic rings. The lowest BCUT2D eigenvalue weighted by Crippen LogP contribution is -2.33. The predicted molar refractivity (Wildman–Crippen MR) is 83.5 cm³/mol. The molecule has 4 nitrogen and oxygen atoms in total. The highest BCUT2D eigenvalue weighted by Gasteiger charge is 2.24. The fourth-order valence-corrected chi connectivity index (χ4v) is 5.16. The van der Waals surface area contributed by atoms with Gasteiger partial charge in [-0.3, -0.25) is 0 Å². The SMILES string of the molecule is CC[C@@H](Sc1ncnc2sc3c(c12)CC[C@@H](C)C3)C(=O)[O-]. The molecule has 0 unspecified atom stereocenters. The second-order valence-corrected chi connectivity index (χ2v) is 7.82. The monoisotopic (exact) mass is 321 g/mol. The second-order valence-electron chi connectivity index (χ2n) is 5.54. The van der Waals surface area contributed by atoms with Gasteiger partial charge in [-0.05, 0) is 37.2 Å². The number of carbonyl (C=O) groups is 1. The molecule has 0 radical (unpaired) electrons. The smallest absolute Gasteiger partial charge is 0.128 e. The lowest BCUT2D eigenvalue weighted by atomic mass is 9.89. The number of rotatable bonds is 4. The van der Waals surface area contributed by atoms with Crippen LogP contribution in [0, 0.1) is 5.92 Å². The first-order valence-electron chi connectivity index (χ1n) is 7.22. The van der Waals surface area contributed by atoms with Gasteiger partial charge in [0.1, 0.15) is 16.2 Å². The molecule has 112 valence electrons. The molecule has 2 heterocycles. The van der Waals surface area contributed by atoms with E-state index >= 15 is 0 Å². The molecule has 1 aliphatic carbocycles. The van der Waals surface area contributed by atoms with Crippen molar-refractivity contribution < 1.29 is 9.90 Å². The molecule has 0 fully saturated rings. The van der Waals surface area contributed by atoms with Crippen LogP contribution in [-0.2, 0) is 17.6 Å². The summed E-state index contributed by atoms with van der Waals surface area (Å²) in [6.45, 7) is 4.13. The topological polar surface area (TPSA) is 65.9 Å². The minimum atomic E-state index is -1.02. The van der Waals surface area contributed by atoms with Gasteiger partial charge in [0.25, 0.3) is 0 Å². The molecule has 0 saturated carbocycles. The van der Waals surface area contributed by atoms with Gasteiger partial charge in [0.05, 0.1) is 11.2 Å². The number of hydrogen-bond acceptors (Lipinski definition) is 6. The third kappa shape index (κ3) is 2.79. The molecule has 1 aliphatic rings. The minimum absolute atomic E-state index is 0.530. The van der Waals surface area contributed by atoms with Crippen LogP contribution in [0.5, 0.6) is 0 Å². The van der Waals surface area contributed by atoms with Crippen LogP contribution in [0.15, 0.2) is 11.4 Å². The molecule has 21 heavy (non-hydrogen) atoms. The summed E-state index contributed by atoms with van der Waals surface area (Å²) in [6, 6.07) is 0. The first kappa shape index (κ1) is 14.8. The zero-order chi connectivity index (χ0) is 15.0. The summed E-state index contributed by atoms with van der Waals surface area (Å²) in [7, 11) is 0. The molecule has 0 bridgehead atoms. The van der Waals surface area contributed by atoms with Crippen molar-refractivity contribution in [3.8, 4) is 0 Å². The molecule has 0 amide bonds. The van der Waals surface area contributed by atoms with Gasteiger partial charge in [-0.15, -0.1) is 11.3 Å². The number of carboxylic acid groups (broad SMARTS) is 1. The highest BCUT2D eigenvalue weighted by molar-refractivity contribution is 8.00. The zero-order valence-corrected chi connectivity index (χ0v) is 13.7. The Morgan fingerprint density at radius 2 is 2.38 bits per heavy atom. The Balaban J connectivity index is 2.05. The largest absolute Gasteiger partial charge is 0.549 e. The quantitative estimate of drug-likeness (QED) is 0.639. The Kier molecular flexibility index (Phi) is 4.17. The van der Waals surface area contributed by atoms with Gasteiger partial charge in [0.15, 0.2) is 0 Å². The Bertz CT molecular complexity index is 684. The third-order valence-corrected chi connectivity index (χ3v) is 6.45. The van der Waals surface area contributed by atoms with E-state index in [1.165, 1.54) is 35.0 Å². The number of carboxylic acids is 1. The summed E-state index contributed by atoms with van der Waals surface area (Å²) in [5.41, 5.74) is 1.34. The maximum absolute atomic E-state index is 11.2. The number of carbonyl (C=O) groups excluding carboxylic acids is 1. The van der Waals surface area contributed by atoms with Crippen molar-refractivity contribution in [2.75, 3.05) is 0 Å². The average molecular weight is 321 g/mol. The van der Waals surface area contributed by atoms with Crippen molar-refractivity contribution in [2.24, 2.45) is 5.92 Å². The molecule has 0 spiro atoms. The van der Waals surface area contributed by atoms with Crippen LogP contribution < -0.4 is 5.11 Å². The number of fused-ring (bicyclic) bond motifs is 3. The molecule has 0 saturated heterocycles. The first-order valence-corrected chi connectivity index (χ1v) is 8.92. The van der Waals surface area contributed by atoms with E-state index in [1.54, 1.807) is 11.3 Å². The molecule has 0 aromatic carbocycles. The standard InChI is InChI=1S/C15H18N2O2S2/c1-3-10(15(18)19)20-13-12-9-5-4-8(2)6-11(9)21-14(12)17-7-16-13/h7-8,10H,3-6H2,1-2H3,(H,18,19)/p-1/t8-,10-/m1/s1. The lowest BCUT2D eigenvalue weighted by molar-refractivity contribution is -0.304. The van der Waals surface area contributed by atoms with E-state index in [2.05, 4.69) is 16.9 Å². The second kappa shape index (κ2) is 5.93. The fourth-order valence-electron chi connectivity index (χ4n) is 2.77. The number of hydrogen-bond donors (Lipinski definition) is 0. The molecule has 2 aromatic heterocycles. The molecule has 0 aliphatic heterocycles. The first-order chi connectivity index (χ1) is 10.1. The van der Waals surface area contributed by atoms with Gasteiger partial charge >= 0.3 is 0 Å². The third-order valence-electron chi connectivity index (χ3n) is 3.94. The summed E-state index contributed by atoms with van der Waals surface area (Å²) in [5, 5.41) is 12.5. The summed E-state index contributed by atoms with van der Waals surface area (Å²) in [4.78, 5) is 22.3. The van der Waals surface area contributed by atoms with Crippen molar-refractivity contribution in [1.29, 1.82) is 0 Å². The highest BCUT2D eigenvalue weighted by Crippen LogP contribution is 2.41. The van der Waals surface area contributed by atoms with Gasteiger partial charge in [-0.1, -0.05) is 25.6 Å². The van der Waals surface area contributed by atoms with Crippen LogP contribution >= 0.6 is 23.1 Å². The number of aryl methyl sites for hydroxylation is 1. The van der Waals surface area contributed by atoms with Crippen LogP contribution in [-0.4, -0.2) is 21.2 Å². The van der Waals surface area contributed by atoms with E-state index in [9.17, 15) is 9.90 Å². The minimum Gasteiger partial charge on any atom is -0.549 e. The normalized spacial score (nSPS) is 19.4. The van der Waals surface area contributed by atoms with Crippen LogP contribution in [0.4, 0.5) is 0 Å². The van der Waals surface area contributed by atoms with Crippen LogP contribution in [0.25, 0.3) is 10.2 Å². The van der Waals surface area contributed by atoms with Crippen molar-refractivity contribution in [2.45, 2.75) is 49.8 Å². The number of aromatic nitrogens is 2. The Labute approximate surface area is 132 Å². The van der Waals surface area contributed by atoms with E-state index in [-0.39, 0.29) is 0 Å². The summed E-state index contributed by atoms with van der Waals surface area (Å²) >= 11 is 3.03. The number of nitrogens with zero attached hydrogens (tertiary/aromatic N) is 2. The molecule has 2 atom stereocenters. The van der Waals surface area contributed by atoms with E-state index < -0.39 is 11.2 Å². The molecular formula is C15H17N2O2S2-. The summed E-state index contributed by atoms with van der Waals surface area (Å²) < 4.78 is 0. The number of thioether (sulfide) groups is 1. The van der Waals surface area contributed by atoms with Crippen LogP contribution in [0.3, 0.4) is 0 Å². The Morgan fingerprint density at radius 3 is 3.10 bits per heavy atom. The van der Waals surface area contributed by atoms with Gasteiger partial charge in [-0.25, -0.2) is 9.97 Å². The van der Waals surface area contributed by atoms with Crippen LogP contribution in [0.1, 0.15) is 37.1 Å². The fraction of sp³-hybridized carbons (Fsp3) is 0.533. The summed E-state index contributed by atoms with van der Waals surface area (Å²) in [6.07, 6.45) is 5.38. The maximum Gasteiger partial charge on any atom is 0.128 e. The van der Waals surface area contributed by atoms with Gasteiger partial charge in [0.2, 0.25) is 0 Å². The van der Waals surface area contributed by atoms with Crippen molar-refractivity contribution in [3.05, 3.63) is 16.8 Å². The molecule has 6 heteroatoms. The van der Waals surface area contributed by atoms with E-state index in [4.69, 9.17) is 0 Å². The van der Waals surface area contributed by atoms with Crippen molar-refractivity contribution in [3.63, 3.8) is 0 Å². The predicted octanol–water partition coefficient (Wildman–Crippen LogP) is 2.44. The van der Waals surface area contributed by atoms with E-state index in [1.807, 2.05) is 6.92 Å². The number of aliphatic carboxylic acids is 1. The summed E-state index contributed by atoms with van der Waals surface area (Å²) in [5.74, 6) is -0.312. The molecule has 0 N–H and O–H groups in total. The number of thiophene rings is 1. The van der Waals surface area contributed by atoms with E-state index in [0.29, 0.717) is 12.3 Å². The zero-order valence-electron chi connectivity index (χ0n) is 12.1. The Morgan fingerprint density at radius 1 is 1.57 bits per heavy atom. The van der Waals surface area contributed by atoms with Crippen molar-refractivity contribution in [1.82, 2.24) is 9.97 Å². The van der Waals surface area contributed by atoms with Gasteiger partial charge < -0.3 is 9.90 Å². The van der Waals surface area contributed by atoms with Gasteiger partial charge in [-0.2, -0.15) is 0 Å². The average Bonchev–Trinajstić information content (AvgIpc) is 2.82. The highest BCUT2D eigenvalue weighted by atomic mass is 32.2. The molecule has 3 rings (SSSR count). The van der Waals surface area contributed by atoms with Crippen molar-refractivity contribution >= 4 is 39.3 Å². The maximum atomic E-state index is 11.2. The lowest BCUT2D eigenvalue weighted by Gasteiger charge is -2.19. The molecular weight excluding hydrogens is 304 g/mol.